The second-order valence-electron chi connectivity index (χ2n) is 6.91. The number of nitrogens with one attached hydrogen (secondary N) is 1. The highest BCUT2D eigenvalue weighted by Crippen LogP contribution is 2.29. The van der Waals surface area contributed by atoms with Crippen molar-refractivity contribution in [2.24, 2.45) is 5.92 Å². The number of nitrogens with zero attached hydrogens (tertiary/aromatic N) is 1. The lowest BCUT2D eigenvalue weighted by atomic mass is 10.00. The van der Waals surface area contributed by atoms with Gasteiger partial charge in [-0.05, 0) is 37.7 Å². The fourth-order valence-electron chi connectivity index (χ4n) is 3.82. The molecule has 6 heteroatoms. The number of carbonyl (C=O) groups is 3. The van der Waals surface area contributed by atoms with E-state index in [9.17, 15) is 14.4 Å². The van der Waals surface area contributed by atoms with Crippen molar-refractivity contribution in [3.05, 3.63) is 35.9 Å². The number of carbonyl (C=O) groups excluding carboxylic acids is 2. The van der Waals surface area contributed by atoms with Crippen LogP contribution in [0.2, 0.25) is 0 Å². The van der Waals surface area contributed by atoms with E-state index in [0.29, 0.717) is 32.2 Å². The number of carboxylic acid groups (broad SMARTS) is 1. The van der Waals surface area contributed by atoms with Gasteiger partial charge >= 0.3 is 5.97 Å². The van der Waals surface area contributed by atoms with Crippen LogP contribution in [0.5, 0.6) is 0 Å². The Labute approximate surface area is 147 Å². The molecule has 0 spiro atoms. The van der Waals surface area contributed by atoms with Crippen molar-refractivity contribution in [3.63, 3.8) is 0 Å². The van der Waals surface area contributed by atoms with Gasteiger partial charge in [0.05, 0.1) is 5.92 Å². The first-order valence-electron chi connectivity index (χ1n) is 8.94. The Hall–Kier alpha value is -2.37. The first-order chi connectivity index (χ1) is 12.1. The molecule has 2 fully saturated rings. The van der Waals surface area contributed by atoms with E-state index >= 15 is 0 Å². The number of aliphatic carboxylic acids is 1. The Morgan fingerprint density at radius 2 is 1.92 bits per heavy atom. The third-order valence-electron chi connectivity index (χ3n) is 5.16. The van der Waals surface area contributed by atoms with Gasteiger partial charge in [-0.1, -0.05) is 30.3 Å². The molecule has 2 aliphatic rings. The first-order valence-corrected chi connectivity index (χ1v) is 8.94. The second kappa shape index (κ2) is 7.68. The molecular weight excluding hydrogens is 320 g/mol. The zero-order chi connectivity index (χ0) is 17.8. The molecule has 1 saturated carbocycles. The van der Waals surface area contributed by atoms with Gasteiger partial charge in [-0.2, -0.15) is 0 Å². The SMILES string of the molecule is O=C(O)[C@@H]1CC[C@H](NC(=O)[C@@H](c2ccccc2)N2CCCCC2=O)C1. The minimum Gasteiger partial charge on any atom is -0.481 e. The van der Waals surface area contributed by atoms with Crippen LogP contribution in [0.25, 0.3) is 0 Å². The molecule has 1 heterocycles. The van der Waals surface area contributed by atoms with E-state index in [4.69, 9.17) is 5.11 Å². The average Bonchev–Trinajstić information content (AvgIpc) is 3.07. The molecule has 2 N–H and O–H groups in total. The van der Waals surface area contributed by atoms with Crippen LogP contribution in [0, 0.1) is 5.92 Å². The van der Waals surface area contributed by atoms with Gasteiger partial charge in [0.15, 0.2) is 0 Å². The summed E-state index contributed by atoms with van der Waals surface area (Å²) in [5.41, 5.74) is 0.794. The number of rotatable bonds is 5. The van der Waals surface area contributed by atoms with Gasteiger partial charge < -0.3 is 15.3 Å². The summed E-state index contributed by atoms with van der Waals surface area (Å²) in [5.74, 6) is -1.40. The topological polar surface area (TPSA) is 86.7 Å². The molecule has 3 rings (SSSR count). The third kappa shape index (κ3) is 4.00. The van der Waals surface area contributed by atoms with Gasteiger partial charge in [0.1, 0.15) is 6.04 Å². The van der Waals surface area contributed by atoms with Gasteiger partial charge in [-0.25, -0.2) is 0 Å². The molecule has 3 atom stereocenters. The molecule has 134 valence electrons. The normalized spacial score (nSPS) is 24.8. The monoisotopic (exact) mass is 344 g/mol. The van der Waals surface area contributed by atoms with Gasteiger partial charge in [-0.3, -0.25) is 14.4 Å². The van der Waals surface area contributed by atoms with Crippen LogP contribution in [0.4, 0.5) is 0 Å². The van der Waals surface area contributed by atoms with Crippen LogP contribution < -0.4 is 5.32 Å². The molecule has 0 aromatic heterocycles. The van der Waals surface area contributed by atoms with E-state index in [1.54, 1.807) is 4.90 Å². The van der Waals surface area contributed by atoms with Gasteiger partial charge in [0.2, 0.25) is 11.8 Å². The number of benzene rings is 1. The molecule has 0 radical (unpaired) electrons. The number of carboxylic acids is 1. The Morgan fingerprint density at radius 3 is 2.56 bits per heavy atom. The van der Waals surface area contributed by atoms with E-state index < -0.39 is 17.9 Å². The summed E-state index contributed by atoms with van der Waals surface area (Å²) in [7, 11) is 0. The van der Waals surface area contributed by atoms with Gasteiger partial charge in [-0.15, -0.1) is 0 Å². The van der Waals surface area contributed by atoms with Crippen molar-refractivity contribution in [3.8, 4) is 0 Å². The molecular formula is C19H24N2O4. The third-order valence-corrected chi connectivity index (χ3v) is 5.16. The van der Waals surface area contributed by atoms with Crippen LogP contribution >= 0.6 is 0 Å². The van der Waals surface area contributed by atoms with Gasteiger partial charge in [0.25, 0.3) is 0 Å². The van der Waals surface area contributed by atoms with E-state index in [1.165, 1.54) is 0 Å². The Bertz CT molecular complexity index is 646. The fourth-order valence-corrected chi connectivity index (χ4v) is 3.82. The quantitative estimate of drug-likeness (QED) is 0.856. The number of hydrogen-bond acceptors (Lipinski definition) is 3. The summed E-state index contributed by atoms with van der Waals surface area (Å²) in [5, 5.41) is 12.1. The van der Waals surface area contributed by atoms with Crippen molar-refractivity contribution in [1.82, 2.24) is 10.2 Å². The summed E-state index contributed by atoms with van der Waals surface area (Å²) in [6, 6.07) is 8.55. The predicted octanol–water partition coefficient (Wildman–Crippen LogP) is 2.11. The maximum Gasteiger partial charge on any atom is 0.306 e. The summed E-state index contributed by atoms with van der Waals surface area (Å²) >= 11 is 0. The lowest BCUT2D eigenvalue weighted by Gasteiger charge is -2.34. The van der Waals surface area contributed by atoms with Crippen molar-refractivity contribution >= 4 is 17.8 Å². The Kier molecular flexibility index (Phi) is 5.36. The smallest absolute Gasteiger partial charge is 0.306 e. The number of amides is 2. The first kappa shape index (κ1) is 17.5. The summed E-state index contributed by atoms with van der Waals surface area (Å²) < 4.78 is 0. The highest BCUT2D eigenvalue weighted by Gasteiger charge is 2.36. The summed E-state index contributed by atoms with van der Waals surface area (Å²) in [6.07, 6.45) is 3.93. The molecule has 0 bridgehead atoms. The standard InChI is InChI=1S/C19H24N2O4/c22-16-8-4-5-11-21(16)17(13-6-2-1-3-7-13)18(23)20-15-10-9-14(12-15)19(24)25/h1-3,6-7,14-15,17H,4-5,8-12H2,(H,20,23)(H,24,25)/t14-,15+,17-/m1/s1. The second-order valence-corrected chi connectivity index (χ2v) is 6.91. The Balaban J connectivity index is 1.76. The van der Waals surface area contributed by atoms with Crippen LogP contribution in [0.15, 0.2) is 30.3 Å². The van der Waals surface area contributed by atoms with E-state index in [1.807, 2.05) is 30.3 Å². The van der Waals surface area contributed by atoms with Gasteiger partial charge in [0, 0.05) is 19.0 Å². The van der Waals surface area contributed by atoms with Crippen molar-refractivity contribution in [2.75, 3.05) is 6.54 Å². The molecule has 6 nitrogen and oxygen atoms in total. The highest BCUT2D eigenvalue weighted by atomic mass is 16.4. The van der Waals surface area contributed by atoms with Crippen LogP contribution in [-0.2, 0) is 14.4 Å². The number of piperidine rings is 1. The molecule has 1 aliphatic heterocycles. The number of hydrogen-bond donors (Lipinski definition) is 2. The highest BCUT2D eigenvalue weighted by molar-refractivity contribution is 5.89. The van der Waals surface area contributed by atoms with Crippen molar-refractivity contribution in [2.45, 2.75) is 50.6 Å². The lowest BCUT2D eigenvalue weighted by molar-refractivity contribution is -0.143. The van der Waals surface area contributed by atoms with Crippen LogP contribution in [-0.4, -0.2) is 40.4 Å². The van der Waals surface area contributed by atoms with E-state index in [-0.39, 0.29) is 17.9 Å². The summed E-state index contributed by atoms with van der Waals surface area (Å²) in [4.78, 5) is 38.1. The maximum atomic E-state index is 13.0. The summed E-state index contributed by atoms with van der Waals surface area (Å²) in [6.45, 7) is 0.578. The molecule has 2 amide bonds. The Morgan fingerprint density at radius 1 is 1.16 bits per heavy atom. The van der Waals surface area contributed by atoms with Crippen molar-refractivity contribution < 1.29 is 19.5 Å². The largest absolute Gasteiger partial charge is 0.481 e. The minimum absolute atomic E-state index is 0.00471. The molecule has 1 aliphatic carbocycles. The fraction of sp³-hybridized carbons (Fsp3) is 0.526. The molecule has 1 aromatic rings. The zero-order valence-corrected chi connectivity index (χ0v) is 14.2. The van der Waals surface area contributed by atoms with Crippen molar-refractivity contribution in [1.29, 1.82) is 0 Å². The lowest BCUT2D eigenvalue weighted by Crippen LogP contribution is -2.47. The molecule has 1 saturated heterocycles. The molecule has 1 aromatic carbocycles. The van der Waals surface area contributed by atoms with E-state index in [0.717, 1.165) is 18.4 Å². The van der Waals surface area contributed by atoms with Crippen LogP contribution in [0.3, 0.4) is 0 Å². The maximum absolute atomic E-state index is 13.0. The number of likely N-dealkylation sites (tertiary alicyclic amines) is 1. The predicted molar refractivity (Wildman–Crippen MR) is 91.7 cm³/mol. The van der Waals surface area contributed by atoms with E-state index in [2.05, 4.69) is 5.32 Å². The average molecular weight is 344 g/mol. The minimum atomic E-state index is -0.803. The molecule has 0 unspecified atom stereocenters. The zero-order valence-electron chi connectivity index (χ0n) is 14.2. The molecule has 25 heavy (non-hydrogen) atoms. The van der Waals surface area contributed by atoms with Crippen LogP contribution in [0.1, 0.15) is 50.1 Å².